The van der Waals surface area contributed by atoms with E-state index in [-0.39, 0.29) is 13.6 Å². The molecule has 0 atom stereocenters. The van der Waals surface area contributed by atoms with Gasteiger partial charge in [-0.2, -0.15) is 0 Å². The second-order valence-electron chi connectivity index (χ2n) is 3.62. The number of ether oxygens (including phenoxy) is 1. The Balaban J connectivity index is 0.00000225. The zero-order valence-electron chi connectivity index (χ0n) is 9.19. The van der Waals surface area contributed by atoms with Gasteiger partial charge in [-0.15, -0.1) is 0 Å². The lowest BCUT2D eigenvalue weighted by Gasteiger charge is -2.09. The number of rotatable bonds is 4. The zero-order chi connectivity index (χ0) is 11.1. The fourth-order valence-corrected chi connectivity index (χ4v) is 1.21. The van der Waals surface area contributed by atoms with Crippen molar-refractivity contribution in [3.8, 4) is 0 Å². The molecule has 0 bridgehead atoms. The van der Waals surface area contributed by atoms with E-state index >= 15 is 0 Å². The van der Waals surface area contributed by atoms with Crippen LogP contribution in [0.25, 0.3) is 0 Å². The lowest BCUT2D eigenvalue weighted by atomic mass is 10.1. The Kier molecular flexibility index (Phi) is 4.68. The Bertz CT molecular complexity index is 301. The van der Waals surface area contributed by atoms with Crippen molar-refractivity contribution in [2.45, 2.75) is 26.4 Å². The largest absolute Gasteiger partial charge is 0.447 e. The summed E-state index contributed by atoms with van der Waals surface area (Å²) >= 11 is 0. The van der Waals surface area contributed by atoms with Crippen molar-refractivity contribution in [1.29, 1.82) is 0 Å². The summed E-state index contributed by atoms with van der Waals surface area (Å²) < 4.78 is 4.94. The van der Waals surface area contributed by atoms with Gasteiger partial charge in [0.25, 0.3) is 0 Å². The van der Waals surface area contributed by atoms with E-state index < -0.39 is 0 Å². The lowest BCUT2D eigenvalue weighted by Crippen LogP contribution is -2.28. The summed E-state index contributed by atoms with van der Waals surface area (Å²) in [4.78, 5) is 11.1. The SMILES string of the molecule is CC(C)OC(=O)NCCc1ccccc1.[HH]. The molecule has 0 fully saturated rings. The molecule has 0 radical (unpaired) electrons. The molecule has 1 amide bonds. The van der Waals surface area contributed by atoms with E-state index in [2.05, 4.69) is 5.32 Å². The summed E-state index contributed by atoms with van der Waals surface area (Å²) in [6, 6.07) is 10.0. The van der Waals surface area contributed by atoms with E-state index in [1.807, 2.05) is 44.2 Å². The molecule has 0 aliphatic carbocycles. The molecule has 0 spiro atoms. The standard InChI is InChI=1S/C12H17NO2.H2/c1-10(2)15-12(14)13-9-8-11-6-4-3-5-7-11;/h3-7,10H,8-9H2,1-2H3,(H,13,14);1H. The third-order valence-corrected chi connectivity index (χ3v) is 1.87. The second-order valence-corrected chi connectivity index (χ2v) is 3.62. The molecular weight excluding hydrogens is 190 g/mol. The Morgan fingerprint density at radius 3 is 2.67 bits per heavy atom. The van der Waals surface area contributed by atoms with Gasteiger partial charge in [-0.25, -0.2) is 4.79 Å². The molecule has 0 saturated heterocycles. The van der Waals surface area contributed by atoms with Gasteiger partial charge in [-0.1, -0.05) is 30.3 Å². The third kappa shape index (κ3) is 5.05. The van der Waals surface area contributed by atoms with E-state index in [0.717, 1.165) is 6.42 Å². The van der Waals surface area contributed by atoms with Gasteiger partial charge in [0.2, 0.25) is 0 Å². The summed E-state index contributed by atoms with van der Waals surface area (Å²) in [5.74, 6) is 0. The van der Waals surface area contributed by atoms with Crippen molar-refractivity contribution < 1.29 is 11.0 Å². The average Bonchev–Trinajstić information content (AvgIpc) is 2.18. The molecule has 0 unspecified atom stereocenters. The molecule has 0 saturated carbocycles. The van der Waals surface area contributed by atoms with Gasteiger partial charge < -0.3 is 10.1 Å². The first-order chi connectivity index (χ1) is 7.18. The van der Waals surface area contributed by atoms with Crippen LogP contribution in [-0.2, 0) is 11.2 Å². The molecule has 84 valence electrons. The van der Waals surface area contributed by atoms with Crippen LogP contribution >= 0.6 is 0 Å². The Labute approximate surface area is 91.9 Å². The van der Waals surface area contributed by atoms with Crippen molar-refractivity contribution in [2.24, 2.45) is 0 Å². The van der Waals surface area contributed by atoms with Gasteiger partial charge in [-0.05, 0) is 25.8 Å². The van der Waals surface area contributed by atoms with Crippen LogP contribution in [0, 0.1) is 0 Å². The van der Waals surface area contributed by atoms with Gasteiger partial charge in [0.1, 0.15) is 0 Å². The van der Waals surface area contributed by atoms with Crippen molar-refractivity contribution >= 4 is 6.09 Å². The van der Waals surface area contributed by atoms with E-state index in [1.54, 1.807) is 0 Å². The van der Waals surface area contributed by atoms with Gasteiger partial charge in [0.05, 0.1) is 6.10 Å². The molecule has 3 nitrogen and oxygen atoms in total. The fraction of sp³-hybridized carbons (Fsp3) is 0.417. The molecule has 3 heteroatoms. The molecule has 1 aromatic rings. The van der Waals surface area contributed by atoms with E-state index in [9.17, 15) is 4.79 Å². The number of carbonyl (C=O) groups is 1. The number of amides is 1. The highest BCUT2D eigenvalue weighted by molar-refractivity contribution is 5.67. The van der Waals surface area contributed by atoms with Crippen molar-refractivity contribution in [3.05, 3.63) is 35.9 Å². The van der Waals surface area contributed by atoms with Crippen LogP contribution in [0.3, 0.4) is 0 Å². The molecule has 1 aromatic carbocycles. The maximum atomic E-state index is 11.1. The summed E-state index contributed by atoms with van der Waals surface area (Å²) in [6.07, 6.45) is 0.413. The first kappa shape index (κ1) is 11.6. The molecule has 15 heavy (non-hydrogen) atoms. The predicted octanol–water partition coefficient (Wildman–Crippen LogP) is 2.61. The van der Waals surface area contributed by atoms with Crippen molar-refractivity contribution in [2.75, 3.05) is 6.54 Å². The molecule has 1 rings (SSSR count). The molecule has 0 heterocycles. The molecule has 0 aromatic heterocycles. The normalized spacial score (nSPS) is 10.1. The smallest absolute Gasteiger partial charge is 0.407 e. The molecule has 0 aliphatic heterocycles. The summed E-state index contributed by atoms with van der Waals surface area (Å²) in [7, 11) is 0. The monoisotopic (exact) mass is 209 g/mol. The van der Waals surface area contributed by atoms with E-state index in [4.69, 9.17) is 4.74 Å². The Morgan fingerprint density at radius 1 is 1.40 bits per heavy atom. The maximum absolute atomic E-state index is 11.1. The quantitative estimate of drug-likeness (QED) is 0.827. The van der Waals surface area contributed by atoms with E-state index in [0.29, 0.717) is 6.54 Å². The average molecular weight is 209 g/mol. The molecule has 0 aliphatic rings. The summed E-state index contributed by atoms with van der Waals surface area (Å²) in [6.45, 7) is 4.27. The van der Waals surface area contributed by atoms with E-state index in [1.165, 1.54) is 5.56 Å². The highest BCUT2D eigenvalue weighted by Crippen LogP contribution is 1.98. The van der Waals surface area contributed by atoms with Gasteiger partial charge in [0, 0.05) is 7.97 Å². The number of alkyl carbamates (subject to hydrolysis) is 1. The minimum Gasteiger partial charge on any atom is -0.447 e. The first-order valence-electron chi connectivity index (χ1n) is 5.17. The van der Waals surface area contributed by atoms with Crippen LogP contribution in [0.2, 0.25) is 0 Å². The van der Waals surface area contributed by atoms with Crippen LogP contribution in [0.15, 0.2) is 30.3 Å². The van der Waals surface area contributed by atoms with Crippen molar-refractivity contribution in [3.63, 3.8) is 0 Å². The molecular formula is C12H19NO2. The van der Waals surface area contributed by atoms with Crippen LogP contribution in [0.5, 0.6) is 0 Å². The first-order valence-corrected chi connectivity index (χ1v) is 5.17. The lowest BCUT2D eigenvalue weighted by molar-refractivity contribution is 0.116. The number of nitrogens with one attached hydrogen (secondary N) is 1. The van der Waals surface area contributed by atoms with Gasteiger partial charge >= 0.3 is 6.09 Å². The van der Waals surface area contributed by atoms with Crippen LogP contribution < -0.4 is 5.32 Å². The predicted molar refractivity (Wildman–Crippen MR) is 61.9 cm³/mol. The minimum atomic E-state index is -0.346. The Hall–Kier alpha value is -1.51. The molecule has 1 N–H and O–H groups in total. The topological polar surface area (TPSA) is 38.3 Å². The Morgan fingerprint density at radius 2 is 2.07 bits per heavy atom. The van der Waals surface area contributed by atoms with Crippen LogP contribution in [-0.4, -0.2) is 18.7 Å². The zero-order valence-corrected chi connectivity index (χ0v) is 9.19. The number of carbonyl (C=O) groups excluding carboxylic acids is 1. The summed E-state index contributed by atoms with van der Waals surface area (Å²) in [5.41, 5.74) is 1.21. The second kappa shape index (κ2) is 6.06. The van der Waals surface area contributed by atoms with Gasteiger partial charge in [-0.3, -0.25) is 0 Å². The van der Waals surface area contributed by atoms with Crippen LogP contribution in [0.1, 0.15) is 20.8 Å². The van der Waals surface area contributed by atoms with Crippen LogP contribution in [0.4, 0.5) is 4.79 Å². The van der Waals surface area contributed by atoms with Gasteiger partial charge in [0.15, 0.2) is 0 Å². The fourth-order valence-electron chi connectivity index (χ4n) is 1.21. The van der Waals surface area contributed by atoms with Crippen molar-refractivity contribution in [1.82, 2.24) is 5.32 Å². The number of hydrogen-bond donors (Lipinski definition) is 1. The number of hydrogen-bond acceptors (Lipinski definition) is 2. The highest BCUT2D eigenvalue weighted by Gasteiger charge is 2.02. The number of benzene rings is 1. The summed E-state index contributed by atoms with van der Waals surface area (Å²) in [5, 5.41) is 2.70. The third-order valence-electron chi connectivity index (χ3n) is 1.87. The minimum absolute atomic E-state index is 0. The maximum Gasteiger partial charge on any atom is 0.407 e. The highest BCUT2D eigenvalue weighted by atomic mass is 16.6.